The summed E-state index contributed by atoms with van der Waals surface area (Å²) in [6.45, 7) is 1.69. The first kappa shape index (κ1) is 13.3. The molecule has 0 bridgehead atoms. The maximum atomic E-state index is 12.7. The molecule has 0 spiro atoms. The van der Waals surface area contributed by atoms with Crippen molar-refractivity contribution in [3.05, 3.63) is 16.1 Å². The lowest BCUT2D eigenvalue weighted by Crippen LogP contribution is -2.47. The predicted octanol–water partition coefficient (Wildman–Crippen LogP) is 1.99. The van der Waals surface area contributed by atoms with E-state index in [1.165, 1.54) is 5.38 Å². The Hall–Kier alpha value is -1.15. The Labute approximate surface area is 105 Å². The van der Waals surface area contributed by atoms with Crippen molar-refractivity contribution >= 4 is 17.2 Å². The Morgan fingerprint density at radius 1 is 1.61 bits per heavy atom. The van der Waals surface area contributed by atoms with Gasteiger partial charge >= 0.3 is 6.18 Å². The summed E-state index contributed by atoms with van der Waals surface area (Å²) in [6, 6.07) is -0.339. The summed E-state index contributed by atoms with van der Waals surface area (Å²) in [5.41, 5.74) is 3.51. The van der Waals surface area contributed by atoms with Crippen molar-refractivity contribution in [3.63, 3.8) is 0 Å². The van der Waals surface area contributed by atoms with Crippen LogP contribution in [0, 0.1) is 0 Å². The standard InChI is InChI=1S/C10H12F3N3OS/c1-5(14)8-15-6(4-18-8)7(17)16-9(2-3-9)10(11,12)13/h4-5H,2-3,14H2,1H3,(H,16,17). The molecule has 1 atom stereocenters. The summed E-state index contributed by atoms with van der Waals surface area (Å²) in [7, 11) is 0. The molecule has 1 amide bonds. The van der Waals surface area contributed by atoms with Crippen LogP contribution < -0.4 is 11.1 Å². The van der Waals surface area contributed by atoms with Crippen LogP contribution in [0.3, 0.4) is 0 Å². The highest BCUT2D eigenvalue weighted by Crippen LogP contribution is 2.49. The highest BCUT2D eigenvalue weighted by molar-refractivity contribution is 7.09. The number of nitrogens with zero attached hydrogens (tertiary/aromatic N) is 1. The van der Waals surface area contributed by atoms with Gasteiger partial charge in [0.15, 0.2) is 0 Å². The lowest BCUT2D eigenvalue weighted by molar-refractivity contribution is -0.163. The van der Waals surface area contributed by atoms with E-state index in [1.807, 2.05) is 5.32 Å². The lowest BCUT2D eigenvalue weighted by atomic mass is 10.2. The van der Waals surface area contributed by atoms with E-state index in [0.717, 1.165) is 11.3 Å². The summed E-state index contributed by atoms with van der Waals surface area (Å²) in [5.74, 6) is -0.798. The fraction of sp³-hybridized carbons (Fsp3) is 0.600. The second-order valence-electron chi connectivity index (χ2n) is 4.39. The van der Waals surface area contributed by atoms with Crippen LogP contribution in [0.4, 0.5) is 13.2 Å². The summed E-state index contributed by atoms with van der Waals surface area (Å²) in [4.78, 5) is 15.6. The molecule has 0 aliphatic heterocycles. The third kappa shape index (κ3) is 2.35. The molecule has 1 fully saturated rings. The van der Waals surface area contributed by atoms with Crippen LogP contribution >= 0.6 is 11.3 Å². The molecule has 18 heavy (non-hydrogen) atoms. The Kier molecular flexibility index (Phi) is 3.10. The Bertz CT molecular complexity index is 465. The number of nitrogens with two attached hydrogens (primary N) is 1. The molecule has 0 radical (unpaired) electrons. The van der Waals surface area contributed by atoms with Crippen LogP contribution in [-0.2, 0) is 0 Å². The molecule has 1 aromatic heterocycles. The van der Waals surface area contributed by atoms with Crippen LogP contribution in [0.15, 0.2) is 5.38 Å². The van der Waals surface area contributed by atoms with Crippen LogP contribution in [-0.4, -0.2) is 22.6 Å². The van der Waals surface area contributed by atoms with Crippen molar-refractivity contribution in [1.82, 2.24) is 10.3 Å². The van der Waals surface area contributed by atoms with Crippen molar-refractivity contribution in [2.45, 2.75) is 37.5 Å². The minimum absolute atomic E-state index is 0.0113. The summed E-state index contributed by atoms with van der Waals surface area (Å²) in [6.07, 6.45) is -4.57. The van der Waals surface area contributed by atoms with Crippen LogP contribution in [0.5, 0.6) is 0 Å². The number of amides is 1. The molecule has 0 aromatic carbocycles. The summed E-state index contributed by atoms with van der Waals surface area (Å²) < 4.78 is 38.0. The van der Waals surface area contributed by atoms with Gasteiger partial charge in [0, 0.05) is 5.38 Å². The van der Waals surface area contributed by atoms with Crippen molar-refractivity contribution in [1.29, 1.82) is 0 Å². The first-order valence-electron chi connectivity index (χ1n) is 5.35. The number of rotatable bonds is 3. The van der Waals surface area contributed by atoms with E-state index >= 15 is 0 Å². The van der Waals surface area contributed by atoms with Crippen molar-refractivity contribution in [2.24, 2.45) is 5.73 Å². The molecule has 8 heteroatoms. The Morgan fingerprint density at radius 3 is 2.61 bits per heavy atom. The molecule has 100 valence electrons. The second kappa shape index (κ2) is 4.20. The predicted molar refractivity (Wildman–Crippen MR) is 60.2 cm³/mol. The maximum absolute atomic E-state index is 12.7. The average molecular weight is 279 g/mol. The molecule has 1 aliphatic carbocycles. The van der Waals surface area contributed by atoms with E-state index in [1.54, 1.807) is 6.92 Å². The average Bonchev–Trinajstić information content (AvgIpc) is 2.87. The van der Waals surface area contributed by atoms with E-state index in [9.17, 15) is 18.0 Å². The van der Waals surface area contributed by atoms with E-state index in [2.05, 4.69) is 4.98 Å². The number of nitrogens with one attached hydrogen (secondary N) is 1. The Morgan fingerprint density at radius 2 is 2.22 bits per heavy atom. The van der Waals surface area contributed by atoms with Gasteiger partial charge < -0.3 is 11.1 Å². The van der Waals surface area contributed by atoms with Gasteiger partial charge in [-0.1, -0.05) is 0 Å². The van der Waals surface area contributed by atoms with E-state index in [0.29, 0.717) is 5.01 Å². The third-order valence-electron chi connectivity index (χ3n) is 2.79. The molecule has 4 nitrogen and oxygen atoms in total. The number of aromatic nitrogens is 1. The minimum Gasteiger partial charge on any atom is -0.336 e. The van der Waals surface area contributed by atoms with Crippen molar-refractivity contribution in [2.75, 3.05) is 0 Å². The molecule has 3 N–H and O–H groups in total. The van der Waals surface area contributed by atoms with Gasteiger partial charge in [-0.2, -0.15) is 13.2 Å². The van der Waals surface area contributed by atoms with Gasteiger partial charge in [0.1, 0.15) is 16.2 Å². The Balaban J connectivity index is 2.09. The van der Waals surface area contributed by atoms with Gasteiger partial charge in [-0.15, -0.1) is 11.3 Å². The summed E-state index contributed by atoms with van der Waals surface area (Å²) >= 11 is 1.16. The number of hydrogen-bond donors (Lipinski definition) is 2. The molecule has 2 rings (SSSR count). The smallest absolute Gasteiger partial charge is 0.336 e. The molecular weight excluding hydrogens is 267 g/mol. The van der Waals surface area contributed by atoms with Crippen LogP contribution in [0.1, 0.15) is 41.3 Å². The van der Waals surface area contributed by atoms with Gasteiger partial charge in [-0.05, 0) is 19.8 Å². The second-order valence-corrected chi connectivity index (χ2v) is 5.28. The van der Waals surface area contributed by atoms with E-state index < -0.39 is 17.6 Å². The molecule has 0 saturated heterocycles. The quantitative estimate of drug-likeness (QED) is 0.889. The van der Waals surface area contributed by atoms with E-state index in [-0.39, 0.29) is 24.6 Å². The first-order chi connectivity index (χ1) is 8.25. The van der Waals surface area contributed by atoms with E-state index in [4.69, 9.17) is 5.73 Å². The zero-order chi connectivity index (χ0) is 13.6. The zero-order valence-corrected chi connectivity index (χ0v) is 10.4. The number of halogens is 3. The molecule has 1 aliphatic rings. The molecule has 1 saturated carbocycles. The minimum atomic E-state index is -4.41. The number of thiazole rings is 1. The lowest BCUT2D eigenvalue weighted by Gasteiger charge is -2.19. The first-order valence-corrected chi connectivity index (χ1v) is 6.23. The SMILES string of the molecule is CC(N)c1nc(C(=O)NC2(C(F)(F)F)CC2)cs1. The van der Waals surface area contributed by atoms with Gasteiger partial charge in [0.25, 0.3) is 5.91 Å². The van der Waals surface area contributed by atoms with Gasteiger partial charge in [-0.3, -0.25) is 4.79 Å². The molecule has 1 unspecified atom stereocenters. The zero-order valence-electron chi connectivity index (χ0n) is 9.54. The number of hydrogen-bond acceptors (Lipinski definition) is 4. The molecular formula is C10H12F3N3OS. The summed E-state index contributed by atoms with van der Waals surface area (Å²) in [5, 5.41) is 3.96. The van der Waals surface area contributed by atoms with Crippen LogP contribution in [0.2, 0.25) is 0 Å². The number of carbonyl (C=O) groups is 1. The maximum Gasteiger partial charge on any atom is 0.411 e. The largest absolute Gasteiger partial charge is 0.411 e. The monoisotopic (exact) mass is 279 g/mol. The van der Waals surface area contributed by atoms with Crippen LogP contribution in [0.25, 0.3) is 0 Å². The highest BCUT2D eigenvalue weighted by Gasteiger charge is 2.64. The molecule has 1 heterocycles. The third-order valence-corrected chi connectivity index (χ3v) is 3.84. The van der Waals surface area contributed by atoms with Gasteiger partial charge in [0.05, 0.1) is 6.04 Å². The number of carbonyl (C=O) groups excluding carboxylic acids is 1. The fourth-order valence-corrected chi connectivity index (χ4v) is 2.24. The normalized spacial score (nSPS) is 19.4. The highest BCUT2D eigenvalue weighted by atomic mass is 32.1. The van der Waals surface area contributed by atoms with Crippen molar-refractivity contribution < 1.29 is 18.0 Å². The topological polar surface area (TPSA) is 68.0 Å². The molecule has 1 aromatic rings. The fourth-order valence-electron chi connectivity index (χ4n) is 1.49. The van der Waals surface area contributed by atoms with Crippen molar-refractivity contribution in [3.8, 4) is 0 Å². The van der Waals surface area contributed by atoms with Gasteiger partial charge in [0.2, 0.25) is 0 Å². The van der Waals surface area contributed by atoms with Gasteiger partial charge in [-0.25, -0.2) is 4.98 Å². The number of alkyl halides is 3.